The number of hydrogen-bond acceptors (Lipinski definition) is 2. The molecule has 0 spiro atoms. The molecule has 0 saturated carbocycles. The Balaban J connectivity index is 2.12. The SMILES string of the molecule is CC(NC(=O)c1ccc(N)cc1)c1ccc(Cl)cc1Cl. The highest BCUT2D eigenvalue weighted by molar-refractivity contribution is 6.35. The lowest BCUT2D eigenvalue weighted by Gasteiger charge is -2.16. The van der Waals surface area contributed by atoms with Crippen molar-refractivity contribution in [2.45, 2.75) is 13.0 Å². The molecule has 0 aromatic heterocycles. The molecule has 0 radical (unpaired) electrons. The normalized spacial score (nSPS) is 11.9. The van der Waals surface area contributed by atoms with Crippen molar-refractivity contribution in [1.29, 1.82) is 0 Å². The number of benzene rings is 2. The Hall–Kier alpha value is -1.71. The fraction of sp³-hybridized carbons (Fsp3) is 0.133. The van der Waals surface area contributed by atoms with Crippen LogP contribution < -0.4 is 11.1 Å². The minimum absolute atomic E-state index is 0.177. The highest BCUT2D eigenvalue weighted by Crippen LogP contribution is 2.26. The molecule has 0 aliphatic carbocycles. The van der Waals surface area contributed by atoms with Gasteiger partial charge >= 0.3 is 0 Å². The van der Waals surface area contributed by atoms with Crippen LogP contribution in [0.3, 0.4) is 0 Å². The standard InChI is InChI=1S/C15H14Cl2N2O/c1-9(13-7-4-11(16)8-14(13)17)19-15(20)10-2-5-12(18)6-3-10/h2-9H,18H2,1H3,(H,19,20). The van der Waals surface area contributed by atoms with Crippen LogP contribution in [0.5, 0.6) is 0 Å². The molecular formula is C15H14Cl2N2O. The largest absolute Gasteiger partial charge is 0.399 e. The minimum atomic E-state index is -0.218. The van der Waals surface area contributed by atoms with Crippen LogP contribution >= 0.6 is 23.2 Å². The number of rotatable bonds is 3. The summed E-state index contributed by atoms with van der Waals surface area (Å²) in [4.78, 5) is 12.1. The average molecular weight is 309 g/mol. The van der Waals surface area contributed by atoms with Crippen LogP contribution in [0.4, 0.5) is 5.69 Å². The van der Waals surface area contributed by atoms with E-state index in [9.17, 15) is 4.79 Å². The lowest BCUT2D eigenvalue weighted by molar-refractivity contribution is 0.0940. The van der Waals surface area contributed by atoms with Crippen molar-refractivity contribution in [1.82, 2.24) is 5.32 Å². The van der Waals surface area contributed by atoms with Gasteiger partial charge < -0.3 is 11.1 Å². The van der Waals surface area contributed by atoms with Gasteiger partial charge in [-0.25, -0.2) is 0 Å². The molecule has 0 aliphatic rings. The number of nitrogens with one attached hydrogen (secondary N) is 1. The maximum atomic E-state index is 12.1. The van der Waals surface area contributed by atoms with E-state index in [2.05, 4.69) is 5.32 Å². The molecule has 0 saturated heterocycles. The molecular weight excluding hydrogens is 295 g/mol. The molecule has 1 unspecified atom stereocenters. The number of nitrogen functional groups attached to an aromatic ring is 1. The Morgan fingerprint density at radius 2 is 1.80 bits per heavy atom. The zero-order valence-electron chi connectivity index (χ0n) is 10.9. The van der Waals surface area contributed by atoms with E-state index in [-0.39, 0.29) is 11.9 Å². The van der Waals surface area contributed by atoms with Crippen LogP contribution in [0.1, 0.15) is 28.9 Å². The average Bonchev–Trinajstić information content (AvgIpc) is 2.39. The number of halogens is 2. The van der Waals surface area contributed by atoms with Crippen molar-refractivity contribution in [3.63, 3.8) is 0 Å². The quantitative estimate of drug-likeness (QED) is 0.840. The number of carbonyl (C=O) groups is 1. The van der Waals surface area contributed by atoms with Gasteiger partial charge in [0.1, 0.15) is 0 Å². The molecule has 5 heteroatoms. The summed E-state index contributed by atoms with van der Waals surface area (Å²) in [6.07, 6.45) is 0. The Morgan fingerprint density at radius 3 is 2.40 bits per heavy atom. The fourth-order valence-corrected chi connectivity index (χ4v) is 2.42. The van der Waals surface area contributed by atoms with E-state index >= 15 is 0 Å². The number of nitrogens with two attached hydrogens (primary N) is 1. The van der Waals surface area contributed by atoms with Crippen molar-refractivity contribution in [2.75, 3.05) is 5.73 Å². The number of amides is 1. The monoisotopic (exact) mass is 308 g/mol. The molecule has 3 N–H and O–H groups in total. The molecule has 2 rings (SSSR count). The third kappa shape index (κ3) is 3.44. The zero-order valence-corrected chi connectivity index (χ0v) is 12.4. The highest BCUT2D eigenvalue weighted by atomic mass is 35.5. The number of anilines is 1. The Kier molecular flexibility index (Phi) is 4.53. The predicted octanol–water partition coefficient (Wildman–Crippen LogP) is 4.07. The molecule has 0 aliphatic heterocycles. The van der Waals surface area contributed by atoms with Crippen LogP contribution in [0, 0.1) is 0 Å². The van der Waals surface area contributed by atoms with Crippen LogP contribution in [0.25, 0.3) is 0 Å². The van der Waals surface area contributed by atoms with Gasteiger partial charge in [0.05, 0.1) is 6.04 Å². The van der Waals surface area contributed by atoms with E-state index in [1.54, 1.807) is 42.5 Å². The third-order valence-corrected chi connectivity index (χ3v) is 3.51. The maximum absolute atomic E-state index is 12.1. The van der Waals surface area contributed by atoms with E-state index in [0.29, 0.717) is 21.3 Å². The van der Waals surface area contributed by atoms with Crippen molar-refractivity contribution < 1.29 is 4.79 Å². The molecule has 1 atom stereocenters. The van der Waals surface area contributed by atoms with E-state index in [1.807, 2.05) is 6.92 Å². The van der Waals surface area contributed by atoms with E-state index in [1.165, 1.54) is 0 Å². The first kappa shape index (κ1) is 14.7. The number of hydrogen-bond donors (Lipinski definition) is 2. The van der Waals surface area contributed by atoms with Gasteiger partial charge in [-0.15, -0.1) is 0 Å². The Labute approximate surface area is 127 Å². The van der Waals surface area contributed by atoms with Gasteiger partial charge in [0, 0.05) is 21.3 Å². The Bertz CT molecular complexity index is 626. The summed E-state index contributed by atoms with van der Waals surface area (Å²) >= 11 is 12.0. The summed E-state index contributed by atoms with van der Waals surface area (Å²) < 4.78 is 0. The van der Waals surface area contributed by atoms with Gasteiger partial charge in [-0.3, -0.25) is 4.79 Å². The van der Waals surface area contributed by atoms with Gasteiger partial charge in [-0.1, -0.05) is 29.3 Å². The molecule has 0 bridgehead atoms. The van der Waals surface area contributed by atoms with Gasteiger partial charge in [0.2, 0.25) is 0 Å². The first-order chi connectivity index (χ1) is 9.47. The van der Waals surface area contributed by atoms with Crippen LogP contribution in [0.15, 0.2) is 42.5 Å². The van der Waals surface area contributed by atoms with Crippen LogP contribution in [-0.4, -0.2) is 5.91 Å². The van der Waals surface area contributed by atoms with E-state index < -0.39 is 0 Å². The second-order valence-corrected chi connectivity index (χ2v) is 5.33. The van der Waals surface area contributed by atoms with Crippen molar-refractivity contribution in [3.8, 4) is 0 Å². The second kappa shape index (κ2) is 6.16. The van der Waals surface area contributed by atoms with Gasteiger partial charge in [0.15, 0.2) is 0 Å². The molecule has 1 amide bonds. The highest BCUT2D eigenvalue weighted by Gasteiger charge is 2.14. The van der Waals surface area contributed by atoms with Crippen molar-refractivity contribution >= 4 is 34.8 Å². The second-order valence-electron chi connectivity index (χ2n) is 4.48. The fourth-order valence-electron chi connectivity index (χ4n) is 1.84. The van der Waals surface area contributed by atoms with Gasteiger partial charge in [0.25, 0.3) is 5.91 Å². The van der Waals surface area contributed by atoms with Crippen molar-refractivity contribution in [2.24, 2.45) is 0 Å². The minimum Gasteiger partial charge on any atom is -0.399 e. The summed E-state index contributed by atoms with van der Waals surface area (Å²) in [5, 5.41) is 3.98. The summed E-state index contributed by atoms with van der Waals surface area (Å²) in [7, 11) is 0. The zero-order chi connectivity index (χ0) is 14.7. The maximum Gasteiger partial charge on any atom is 0.251 e. The van der Waals surface area contributed by atoms with Gasteiger partial charge in [-0.05, 0) is 48.9 Å². The molecule has 20 heavy (non-hydrogen) atoms. The lowest BCUT2D eigenvalue weighted by atomic mass is 10.1. The third-order valence-electron chi connectivity index (χ3n) is 2.95. The lowest BCUT2D eigenvalue weighted by Crippen LogP contribution is -2.26. The first-order valence-electron chi connectivity index (χ1n) is 6.08. The van der Waals surface area contributed by atoms with Crippen molar-refractivity contribution in [3.05, 3.63) is 63.6 Å². The van der Waals surface area contributed by atoms with Crippen LogP contribution in [-0.2, 0) is 0 Å². The molecule has 2 aromatic carbocycles. The Morgan fingerprint density at radius 1 is 1.15 bits per heavy atom. The smallest absolute Gasteiger partial charge is 0.251 e. The summed E-state index contributed by atoms with van der Waals surface area (Å²) in [5.74, 6) is -0.177. The predicted molar refractivity (Wildman–Crippen MR) is 83.2 cm³/mol. The summed E-state index contributed by atoms with van der Waals surface area (Å²) in [6, 6.07) is 11.7. The first-order valence-corrected chi connectivity index (χ1v) is 6.84. The number of carbonyl (C=O) groups excluding carboxylic acids is 1. The summed E-state index contributed by atoms with van der Waals surface area (Å²) in [5.41, 5.74) is 7.58. The van der Waals surface area contributed by atoms with E-state index in [0.717, 1.165) is 5.56 Å². The molecule has 0 fully saturated rings. The van der Waals surface area contributed by atoms with Gasteiger partial charge in [-0.2, -0.15) is 0 Å². The molecule has 104 valence electrons. The molecule has 0 heterocycles. The topological polar surface area (TPSA) is 55.1 Å². The molecule has 2 aromatic rings. The van der Waals surface area contributed by atoms with E-state index in [4.69, 9.17) is 28.9 Å². The van der Waals surface area contributed by atoms with Crippen LogP contribution in [0.2, 0.25) is 10.0 Å². The summed E-state index contributed by atoms with van der Waals surface area (Å²) in [6.45, 7) is 1.87. The molecule has 3 nitrogen and oxygen atoms in total.